The third kappa shape index (κ3) is 51.2. The van der Waals surface area contributed by atoms with E-state index in [1.165, 1.54) is 244 Å². The fourth-order valence-electron chi connectivity index (χ4n) is 9.74. The van der Waals surface area contributed by atoms with Crippen LogP contribution in [0.25, 0.3) is 0 Å². The summed E-state index contributed by atoms with van der Waals surface area (Å²) in [6, 6.07) is -1.01. The molecule has 0 saturated heterocycles. The van der Waals surface area contributed by atoms with Crippen LogP contribution in [0.15, 0.2) is 36.5 Å². The predicted octanol–water partition coefficient (Wildman–Crippen LogP) is 18.4. The monoisotopic (exact) mass is 972 g/mol. The summed E-state index contributed by atoms with van der Waals surface area (Å²) in [7, 11) is 0. The second kappa shape index (κ2) is 57.4. The van der Waals surface area contributed by atoms with Gasteiger partial charge in [-0.05, 0) is 64.2 Å². The van der Waals surface area contributed by atoms with Gasteiger partial charge in [0.25, 0.3) is 0 Å². The molecule has 6 nitrogen and oxygen atoms in total. The minimum Gasteiger partial charge on any atom is -0.394 e. The largest absolute Gasteiger partial charge is 0.394 e. The summed E-state index contributed by atoms with van der Waals surface area (Å²) in [6.07, 6.45) is 72.4. The Morgan fingerprint density at radius 1 is 0.348 bits per heavy atom. The highest BCUT2D eigenvalue weighted by atomic mass is 16.3. The van der Waals surface area contributed by atoms with Crippen LogP contribution in [0.2, 0.25) is 0 Å². The standard InChI is InChI=1S/C63H121NO5/c1-3-5-7-9-11-13-15-17-19-21-23-25-27-29-31-33-35-37-39-41-43-45-47-49-51-53-55-57-61(67)63(69)64-59(58-65)62(68)60(66)56-54-52-50-48-46-44-42-40-38-36-34-32-30-28-26-24-22-20-18-16-14-12-10-8-6-4-2/h32,34,40,42,48,50,59-62,65-68H,3-31,33,35-39,41,43-47,49,51-58H2,1-2H3,(H,64,69)/b34-32+,42-40+,50-48+. The van der Waals surface area contributed by atoms with E-state index in [1.54, 1.807) is 0 Å². The zero-order valence-corrected chi connectivity index (χ0v) is 46.3. The van der Waals surface area contributed by atoms with Crippen molar-refractivity contribution in [2.75, 3.05) is 6.61 Å². The van der Waals surface area contributed by atoms with Gasteiger partial charge in [-0.25, -0.2) is 0 Å². The minimum absolute atomic E-state index is 0.362. The van der Waals surface area contributed by atoms with E-state index in [0.717, 1.165) is 51.4 Å². The van der Waals surface area contributed by atoms with E-state index in [9.17, 15) is 25.2 Å². The number of unbranched alkanes of at least 4 members (excludes halogenated alkanes) is 42. The van der Waals surface area contributed by atoms with Crippen molar-refractivity contribution in [2.24, 2.45) is 0 Å². The molecule has 0 aliphatic carbocycles. The van der Waals surface area contributed by atoms with E-state index >= 15 is 0 Å². The lowest BCUT2D eigenvalue weighted by Crippen LogP contribution is -2.53. The molecule has 0 aromatic carbocycles. The number of carbonyl (C=O) groups excluding carboxylic acids is 1. The van der Waals surface area contributed by atoms with Crippen LogP contribution < -0.4 is 5.32 Å². The summed E-state index contributed by atoms with van der Waals surface area (Å²) in [5, 5.41) is 44.0. The first-order valence-electron chi connectivity index (χ1n) is 30.9. The summed E-state index contributed by atoms with van der Waals surface area (Å²) in [4.78, 5) is 12.6. The molecule has 0 aliphatic heterocycles. The van der Waals surface area contributed by atoms with Crippen LogP contribution >= 0.6 is 0 Å². The van der Waals surface area contributed by atoms with Gasteiger partial charge >= 0.3 is 0 Å². The molecule has 0 aromatic rings. The highest BCUT2D eigenvalue weighted by Crippen LogP contribution is 2.18. The Kier molecular flexibility index (Phi) is 56.2. The van der Waals surface area contributed by atoms with Crippen molar-refractivity contribution in [2.45, 2.75) is 353 Å². The highest BCUT2D eigenvalue weighted by Gasteiger charge is 2.28. The normalized spacial score (nSPS) is 13.9. The van der Waals surface area contributed by atoms with E-state index in [1.807, 2.05) is 0 Å². The molecule has 4 atom stereocenters. The quantitative estimate of drug-likeness (QED) is 0.0308. The molecule has 5 N–H and O–H groups in total. The molecule has 0 saturated carbocycles. The second-order valence-electron chi connectivity index (χ2n) is 21.4. The fraction of sp³-hybridized carbons (Fsp3) is 0.889. The van der Waals surface area contributed by atoms with Gasteiger partial charge in [0.15, 0.2) is 0 Å². The average Bonchev–Trinajstić information content (AvgIpc) is 3.35. The van der Waals surface area contributed by atoms with Crippen LogP contribution in [0.1, 0.15) is 328 Å². The van der Waals surface area contributed by atoms with E-state index < -0.39 is 36.9 Å². The molecular weight excluding hydrogens is 851 g/mol. The first kappa shape index (κ1) is 67.5. The first-order chi connectivity index (χ1) is 34.0. The number of allylic oxidation sites excluding steroid dienone is 6. The number of aliphatic hydroxyl groups is 4. The number of aliphatic hydroxyl groups excluding tert-OH is 4. The molecule has 4 unspecified atom stereocenters. The van der Waals surface area contributed by atoms with Gasteiger partial charge < -0.3 is 25.7 Å². The van der Waals surface area contributed by atoms with Gasteiger partial charge in [0, 0.05) is 0 Å². The lowest BCUT2D eigenvalue weighted by molar-refractivity contribution is -0.132. The van der Waals surface area contributed by atoms with Crippen molar-refractivity contribution < 1.29 is 25.2 Å². The molecule has 0 aromatic heterocycles. The Labute approximate surface area is 430 Å². The number of nitrogens with one attached hydrogen (secondary N) is 1. The van der Waals surface area contributed by atoms with Crippen molar-refractivity contribution in [3.05, 3.63) is 36.5 Å². The van der Waals surface area contributed by atoms with Crippen LogP contribution in [0.4, 0.5) is 0 Å². The Hall–Kier alpha value is -1.47. The van der Waals surface area contributed by atoms with E-state index in [0.29, 0.717) is 19.3 Å². The van der Waals surface area contributed by atoms with E-state index in [-0.39, 0.29) is 0 Å². The van der Waals surface area contributed by atoms with Crippen LogP contribution in [-0.4, -0.2) is 57.3 Å². The van der Waals surface area contributed by atoms with Crippen molar-refractivity contribution in [3.63, 3.8) is 0 Å². The summed E-state index contributed by atoms with van der Waals surface area (Å²) in [5.41, 5.74) is 0. The molecule has 0 fully saturated rings. The van der Waals surface area contributed by atoms with Crippen molar-refractivity contribution in [1.82, 2.24) is 5.32 Å². The second-order valence-corrected chi connectivity index (χ2v) is 21.4. The van der Waals surface area contributed by atoms with Gasteiger partial charge in [-0.3, -0.25) is 4.79 Å². The Bertz CT molecular complexity index is 1090. The first-order valence-corrected chi connectivity index (χ1v) is 30.9. The van der Waals surface area contributed by atoms with Gasteiger partial charge in [0.1, 0.15) is 12.2 Å². The Morgan fingerprint density at radius 3 is 0.913 bits per heavy atom. The van der Waals surface area contributed by atoms with Crippen molar-refractivity contribution >= 4 is 5.91 Å². The zero-order valence-electron chi connectivity index (χ0n) is 46.3. The molecular formula is C63H121NO5. The minimum atomic E-state index is -1.29. The van der Waals surface area contributed by atoms with Gasteiger partial charge in [-0.2, -0.15) is 0 Å². The third-order valence-electron chi connectivity index (χ3n) is 14.6. The lowest BCUT2D eigenvalue weighted by atomic mass is 10.00. The number of amides is 1. The number of rotatable bonds is 57. The van der Waals surface area contributed by atoms with Gasteiger partial charge in [0.05, 0.1) is 18.8 Å². The molecule has 1 amide bonds. The topological polar surface area (TPSA) is 110 Å². The molecule has 0 radical (unpaired) electrons. The van der Waals surface area contributed by atoms with Gasteiger partial charge in [-0.15, -0.1) is 0 Å². The molecule has 6 heteroatoms. The van der Waals surface area contributed by atoms with Crippen molar-refractivity contribution in [3.8, 4) is 0 Å². The highest BCUT2D eigenvalue weighted by molar-refractivity contribution is 5.80. The molecule has 69 heavy (non-hydrogen) atoms. The molecule has 0 heterocycles. The van der Waals surface area contributed by atoms with Crippen LogP contribution in [-0.2, 0) is 4.79 Å². The Balaban J connectivity index is 3.65. The molecule has 408 valence electrons. The Morgan fingerprint density at radius 2 is 0.609 bits per heavy atom. The van der Waals surface area contributed by atoms with Crippen molar-refractivity contribution in [1.29, 1.82) is 0 Å². The number of hydrogen-bond donors (Lipinski definition) is 5. The summed E-state index contributed by atoms with van der Waals surface area (Å²) in [5.74, 6) is -0.594. The average molecular weight is 973 g/mol. The molecule has 0 spiro atoms. The summed E-state index contributed by atoms with van der Waals surface area (Å²) in [6.45, 7) is 4.08. The SMILES string of the molecule is CCCCCCCCCCCCCCC/C=C/CC/C=C/CC/C=C/CCCC(O)C(O)C(CO)NC(=O)C(O)CCCCCCCCCCCCCCCCCCCCCCCCCCCCC. The third-order valence-corrected chi connectivity index (χ3v) is 14.6. The summed E-state index contributed by atoms with van der Waals surface area (Å²) >= 11 is 0. The number of carbonyl (C=O) groups is 1. The summed E-state index contributed by atoms with van der Waals surface area (Å²) < 4.78 is 0. The lowest BCUT2D eigenvalue weighted by Gasteiger charge is -2.27. The molecule has 0 aliphatic rings. The van der Waals surface area contributed by atoms with Crippen LogP contribution in [0.5, 0.6) is 0 Å². The predicted molar refractivity (Wildman–Crippen MR) is 302 cm³/mol. The van der Waals surface area contributed by atoms with Crippen LogP contribution in [0.3, 0.4) is 0 Å². The van der Waals surface area contributed by atoms with Gasteiger partial charge in [-0.1, -0.05) is 301 Å². The smallest absolute Gasteiger partial charge is 0.249 e. The van der Waals surface area contributed by atoms with E-state index in [2.05, 4.69) is 55.6 Å². The van der Waals surface area contributed by atoms with Gasteiger partial charge in [0.2, 0.25) is 5.91 Å². The molecule has 0 rings (SSSR count). The maximum Gasteiger partial charge on any atom is 0.249 e. The van der Waals surface area contributed by atoms with E-state index in [4.69, 9.17) is 0 Å². The zero-order chi connectivity index (χ0) is 50.2. The molecule has 0 bridgehead atoms. The van der Waals surface area contributed by atoms with Crippen LogP contribution in [0, 0.1) is 0 Å². The maximum absolute atomic E-state index is 12.6. The number of hydrogen-bond acceptors (Lipinski definition) is 5. The maximum atomic E-state index is 12.6. The fourth-order valence-corrected chi connectivity index (χ4v) is 9.74.